The maximum Gasteiger partial charge on any atom is 0.491 e. The lowest BCUT2D eigenvalue weighted by Crippen LogP contribution is -2.40. The van der Waals surface area contributed by atoms with Gasteiger partial charge in [-0.25, -0.2) is 22.7 Å². The fourth-order valence-electron chi connectivity index (χ4n) is 4.85. The molecule has 2 atom stereocenters. The molecule has 1 aliphatic heterocycles. The Hall–Kier alpha value is -5.37. The van der Waals surface area contributed by atoms with Crippen molar-refractivity contribution in [2.75, 3.05) is 19.7 Å². The number of halogens is 6. The van der Waals surface area contributed by atoms with Gasteiger partial charge in [-0.2, -0.15) is 31.4 Å². The van der Waals surface area contributed by atoms with E-state index in [1.165, 1.54) is 24.3 Å². The fraction of sp³-hybridized carbons (Fsp3) is 0.312. The summed E-state index contributed by atoms with van der Waals surface area (Å²) in [6.45, 7) is 2.17. The number of nitrogens with two attached hydrogens (primary N) is 1. The number of nitrogens with zero attached hydrogens (tertiary/aromatic N) is 2. The molecule has 0 aromatic heterocycles. The molecular formula is C32H31F6N5O8S. The van der Waals surface area contributed by atoms with E-state index in [9.17, 15) is 44.3 Å². The molecule has 3 aromatic carbocycles. The van der Waals surface area contributed by atoms with Crippen LogP contribution in [0.15, 0.2) is 76.7 Å². The van der Waals surface area contributed by atoms with Crippen molar-refractivity contribution >= 4 is 34.0 Å². The van der Waals surface area contributed by atoms with E-state index in [2.05, 4.69) is 19.3 Å². The monoisotopic (exact) mass is 759 g/mol. The predicted molar refractivity (Wildman–Crippen MR) is 172 cm³/mol. The van der Waals surface area contributed by atoms with Crippen molar-refractivity contribution in [1.29, 1.82) is 5.41 Å². The van der Waals surface area contributed by atoms with Gasteiger partial charge in [0.2, 0.25) is 15.8 Å². The number of hydrogen-bond donors (Lipinski definition) is 3. The largest absolute Gasteiger partial charge is 0.491 e. The lowest BCUT2D eigenvalue weighted by Gasteiger charge is -2.23. The normalized spacial score (nSPS) is 15.7. The Morgan fingerprint density at radius 1 is 0.981 bits per heavy atom. The average molecular weight is 760 g/mol. The number of hydrogen-bond acceptors (Lipinski definition) is 11. The molecule has 1 fully saturated rings. The minimum Gasteiger partial charge on any atom is -0.488 e. The number of nitrogen functional groups attached to an aromatic ring is 1. The summed E-state index contributed by atoms with van der Waals surface area (Å²) in [5.41, 5.74) is 5.15. The van der Waals surface area contributed by atoms with E-state index < -0.39 is 75.6 Å². The van der Waals surface area contributed by atoms with E-state index in [1.54, 1.807) is 43.5 Å². The van der Waals surface area contributed by atoms with E-state index in [4.69, 9.17) is 20.6 Å². The number of nitrogens with one attached hydrogen (secondary N) is 2. The van der Waals surface area contributed by atoms with Crippen molar-refractivity contribution in [2.45, 2.75) is 49.2 Å². The summed E-state index contributed by atoms with van der Waals surface area (Å²) in [5.74, 6) is -9.92. The van der Waals surface area contributed by atoms with Crippen LogP contribution in [-0.2, 0) is 26.0 Å². The molecule has 52 heavy (non-hydrogen) atoms. The van der Waals surface area contributed by atoms with Crippen molar-refractivity contribution in [3.63, 3.8) is 0 Å². The van der Waals surface area contributed by atoms with Gasteiger partial charge in [0.05, 0.1) is 23.0 Å². The van der Waals surface area contributed by atoms with Gasteiger partial charge in [-0.05, 0) is 55.3 Å². The maximum atomic E-state index is 13.3. The zero-order chi connectivity index (χ0) is 38.3. The highest BCUT2D eigenvalue weighted by Gasteiger charge is 2.44. The third-order valence-electron chi connectivity index (χ3n) is 7.14. The first-order valence-electron chi connectivity index (χ1n) is 15.2. The van der Waals surface area contributed by atoms with Crippen molar-refractivity contribution < 1.29 is 63.3 Å². The van der Waals surface area contributed by atoms with Crippen LogP contribution in [-0.4, -0.2) is 81.6 Å². The Bertz CT molecular complexity index is 1890. The molecule has 4 rings (SSSR count). The number of rotatable bonds is 14. The molecular weight excluding hydrogens is 728 g/mol. The molecule has 20 heteroatoms. The number of alkyl halides is 6. The Labute approximate surface area is 292 Å². The summed E-state index contributed by atoms with van der Waals surface area (Å²) < 4.78 is 128. The van der Waals surface area contributed by atoms with Gasteiger partial charge in [0.25, 0.3) is 0 Å². The summed E-state index contributed by atoms with van der Waals surface area (Å²) in [5, 5.41) is 13.8. The number of carbonyl (C=O) groups is 2. The number of hydrazone groups is 1. The highest BCUT2D eigenvalue weighted by molar-refractivity contribution is 7.89. The summed E-state index contributed by atoms with van der Waals surface area (Å²) >= 11 is 0. The zero-order valence-electron chi connectivity index (χ0n) is 27.0. The smallest absolute Gasteiger partial charge is 0.488 e. The van der Waals surface area contributed by atoms with Crippen LogP contribution in [0.5, 0.6) is 23.0 Å². The Balaban J connectivity index is 1.68. The highest BCUT2D eigenvalue weighted by atomic mass is 32.2. The average Bonchev–Trinajstić information content (AvgIpc) is 3.51. The molecule has 0 bridgehead atoms. The summed E-state index contributed by atoms with van der Waals surface area (Å²) in [4.78, 5) is 23.4. The van der Waals surface area contributed by atoms with Gasteiger partial charge in [0, 0.05) is 19.2 Å². The van der Waals surface area contributed by atoms with E-state index in [0.29, 0.717) is 43.0 Å². The summed E-state index contributed by atoms with van der Waals surface area (Å²) in [7, 11) is -4.33. The quantitative estimate of drug-likeness (QED) is 0.0704. The number of esters is 2. The molecule has 280 valence electrons. The van der Waals surface area contributed by atoms with Gasteiger partial charge in [-0.15, -0.1) is 0 Å². The molecule has 0 saturated carbocycles. The third kappa shape index (κ3) is 10.6. The molecule has 1 saturated heterocycles. The predicted octanol–water partition coefficient (Wildman–Crippen LogP) is 4.33. The van der Waals surface area contributed by atoms with Crippen LogP contribution >= 0.6 is 0 Å². The molecule has 1 unspecified atom stereocenters. The second-order valence-corrected chi connectivity index (χ2v) is 12.8. The second-order valence-electron chi connectivity index (χ2n) is 11.1. The number of sulfonamides is 1. The summed E-state index contributed by atoms with van der Waals surface area (Å²) in [6, 6.07) is 13.3. The van der Waals surface area contributed by atoms with Gasteiger partial charge in [0.15, 0.2) is 11.5 Å². The first kappa shape index (κ1) is 39.4. The molecule has 0 radical (unpaired) electrons. The van der Waals surface area contributed by atoms with Gasteiger partial charge < -0.3 is 24.7 Å². The van der Waals surface area contributed by atoms with E-state index in [1.807, 2.05) is 5.01 Å². The Morgan fingerprint density at radius 3 is 2.21 bits per heavy atom. The van der Waals surface area contributed by atoms with Crippen LogP contribution in [0.1, 0.15) is 24.5 Å². The van der Waals surface area contributed by atoms with Crippen LogP contribution in [0, 0.1) is 5.41 Å². The van der Waals surface area contributed by atoms with E-state index in [0.717, 1.165) is 0 Å². The lowest BCUT2D eigenvalue weighted by molar-refractivity contribution is -0.190. The van der Waals surface area contributed by atoms with Crippen molar-refractivity contribution in [1.82, 2.24) is 9.73 Å². The van der Waals surface area contributed by atoms with Gasteiger partial charge in [0.1, 0.15) is 24.3 Å². The first-order valence-corrected chi connectivity index (χ1v) is 16.6. The molecule has 4 N–H and O–H groups in total. The van der Waals surface area contributed by atoms with Crippen molar-refractivity contribution in [3.8, 4) is 23.0 Å². The van der Waals surface area contributed by atoms with Gasteiger partial charge in [-0.1, -0.05) is 30.3 Å². The second kappa shape index (κ2) is 16.3. The number of benzene rings is 3. The van der Waals surface area contributed by atoms with Crippen molar-refractivity contribution in [2.24, 2.45) is 10.8 Å². The van der Waals surface area contributed by atoms with Gasteiger partial charge >= 0.3 is 24.3 Å². The minimum absolute atomic E-state index is 0.152. The van der Waals surface area contributed by atoms with Gasteiger partial charge in [-0.3, -0.25) is 10.4 Å². The first-order chi connectivity index (χ1) is 24.4. The number of ether oxygens (including phenoxy) is 4. The molecule has 0 spiro atoms. The molecule has 1 heterocycles. The highest BCUT2D eigenvalue weighted by Crippen LogP contribution is 2.42. The molecule has 3 aromatic rings. The third-order valence-corrected chi connectivity index (χ3v) is 8.68. The Morgan fingerprint density at radius 2 is 1.62 bits per heavy atom. The van der Waals surface area contributed by atoms with E-state index >= 15 is 0 Å². The maximum absolute atomic E-state index is 13.3. The number of amidine groups is 1. The molecule has 0 amide bonds. The van der Waals surface area contributed by atoms with Crippen LogP contribution < -0.4 is 29.4 Å². The van der Waals surface area contributed by atoms with Crippen LogP contribution in [0.4, 0.5) is 26.3 Å². The zero-order valence-corrected chi connectivity index (χ0v) is 27.8. The molecule has 0 aliphatic carbocycles. The molecule has 13 nitrogen and oxygen atoms in total. The lowest BCUT2D eigenvalue weighted by atomic mass is 10.1. The number of carbonyl (C=O) groups excluding carboxylic acids is 2. The van der Waals surface area contributed by atoms with Crippen LogP contribution in [0.2, 0.25) is 0 Å². The van der Waals surface area contributed by atoms with E-state index in [-0.39, 0.29) is 17.4 Å². The standard InChI is InChI=1S/C32H31F6N5O8S/c1-2-41-43-15-14-22(17-43)49-21-10-8-19(9-11-21)16-20(42-52(46,47)23-6-4-3-5-7-23)18-48-27-25(50-29(44)31(33,34)35)13-12-24(28(39)40)26(27)51-30(45)32(36,37)38/h2-13,20,22,42H,14-18H2,1H3,(H3,39,40)/b41-2+/t20?,22-/m0/s1. The minimum atomic E-state index is -5.64. The van der Waals surface area contributed by atoms with Crippen molar-refractivity contribution in [3.05, 3.63) is 77.9 Å². The van der Waals surface area contributed by atoms with Crippen LogP contribution in [0.3, 0.4) is 0 Å². The summed E-state index contributed by atoms with van der Waals surface area (Å²) in [6.07, 6.45) is -9.20. The Kier molecular flexibility index (Phi) is 12.4. The SMILES string of the molecule is C/C=N/N1CC[C@H](Oc2ccc(CC(COc3c(OC(=O)C(F)(F)F)ccc(C(=N)N)c3OC(=O)C(F)(F)F)NS(=O)(=O)c3ccccc3)cc2)C1. The van der Waals surface area contributed by atoms with Crippen LogP contribution in [0.25, 0.3) is 0 Å². The molecule has 1 aliphatic rings. The fourth-order valence-corrected chi connectivity index (χ4v) is 6.09. The topological polar surface area (TPSA) is 183 Å².